The summed E-state index contributed by atoms with van der Waals surface area (Å²) < 4.78 is 5.07. The summed E-state index contributed by atoms with van der Waals surface area (Å²) in [6.45, 7) is 5.28. The zero-order valence-electron chi connectivity index (χ0n) is 12.2. The van der Waals surface area contributed by atoms with Crippen LogP contribution in [-0.4, -0.2) is 22.8 Å². The summed E-state index contributed by atoms with van der Waals surface area (Å²) in [4.78, 5) is 12.3. The molecule has 2 N–H and O–H groups in total. The molecule has 0 unspecified atom stereocenters. The first-order valence-corrected chi connectivity index (χ1v) is 6.47. The van der Waals surface area contributed by atoms with Gasteiger partial charge in [0.25, 0.3) is 5.91 Å². The Balaban J connectivity index is 2.33. The lowest BCUT2D eigenvalue weighted by Gasteiger charge is -2.06. The molecule has 0 aliphatic carbocycles. The van der Waals surface area contributed by atoms with Crippen molar-refractivity contribution < 1.29 is 14.4 Å². The maximum atomic E-state index is 12.3. The van der Waals surface area contributed by atoms with E-state index in [1.165, 1.54) is 0 Å². The van der Waals surface area contributed by atoms with Crippen molar-refractivity contribution >= 4 is 11.8 Å². The summed E-state index contributed by atoms with van der Waals surface area (Å²) >= 11 is 0. The van der Waals surface area contributed by atoms with Gasteiger partial charge in [-0.2, -0.15) is 0 Å². The maximum absolute atomic E-state index is 12.3. The van der Waals surface area contributed by atoms with Crippen LogP contribution in [0.4, 0.5) is 5.88 Å². The van der Waals surface area contributed by atoms with Crippen LogP contribution in [0.5, 0.6) is 0 Å². The molecule has 0 atom stereocenters. The minimum atomic E-state index is -0.323. The summed E-state index contributed by atoms with van der Waals surface area (Å²) in [5, 5.41) is 15.3. The Morgan fingerprint density at radius 1 is 1.38 bits per heavy atom. The van der Waals surface area contributed by atoms with Crippen molar-refractivity contribution in [3.8, 4) is 11.8 Å². The van der Waals surface area contributed by atoms with E-state index in [1.54, 1.807) is 19.1 Å². The van der Waals surface area contributed by atoms with Gasteiger partial charge in [-0.3, -0.25) is 10.1 Å². The van der Waals surface area contributed by atoms with Crippen molar-refractivity contribution in [2.75, 3.05) is 11.9 Å². The lowest BCUT2D eigenvalue weighted by Crippen LogP contribution is -2.14. The van der Waals surface area contributed by atoms with E-state index in [-0.39, 0.29) is 12.5 Å². The fraction of sp³-hybridized carbons (Fsp3) is 0.250. The lowest BCUT2D eigenvalue weighted by atomic mass is 10.0. The molecule has 0 bridgehead atoms. The number of anilines is 1. The first kappa shape index (κ1) is 14.8. The molecule has 2 aromatic rings. The second-order valence-electron chi connectivity index (χ2n) is 4.69. The van der Waals surface area contributed by atoms with Crippen LogP contribution >= 0.6 is 0 Å². The molecule has 0 fully saturated rings. The van der Waals surface area contributed by atoms with Crippen LogP contribution in [0.3, 0.4) is 0 Å². The Labute approximate surface area is 123 Å². The monoisotopic (exact) mass is 284 g/mol. The molecule has 0 aliphatic heterocycles. The molecule has 21 heavy (non-hydrogen) atoms. The number of carbonyl (C=O) groups excluding carboxylic acids is 1. The molecule has 108 valence electrons. The Morgan fingerprint density at radius 3 is 2.76 bits per heavy atom. The number of aliphatic hydroxyl groups excluding tert-OH is 1. The Morgan fingerprint density at radius 2 is 2.14 bits per heavy atom. The molecular formula is C16H16N2O3. The number of benzene rings is 1. The molecule has 1 heterocycles. The molecule has 0 radical (unpaired) electrons. The minimum Gasteiger partial charge on any atom is -0.384 e. The van der Waals surface area contributed by atoms with Gasteiger partial charge in [0.15, 0.2) is 0 Å². The number of hydrogen-bond acceptors (Lipinski definition) is 4. The van der Waals surface area contributed by atoms with E-state index < -0.39 is 0 Å². The summed E-state index contributed by atoms with van der Waals surface area (Å²) in [5.74, 6) is 5.35. The highest BCUT2D eigenvalue weighted by molar-refractivity contribution is 6.05. The Bertz CT molecular complexity index is 736. The van der Waals surface area contributed by atoms with E-state index in [1.807, 2.05) is 19.9 Å². The van der Waals surface area contributed by atoms with E-state index in [2.05, 4.69) is 22.3 Å². The molecule has 5 heteroatoms. The SMILES string of the molecule is Cc1ccc(C(=O)Nc2onc(C)c2C)c(C#CCO)c1. The molecule has 0 saturated carbocycles. The molecular weight excluding hydrogens is 268 g/mol. The van der Waals surface area contributed by atoms with Crippen LogP contribution in [0.2, 0.25) is 0 Å². The summed E-state index contributed by atoms with van der Waals surface area (Å²) in [7, 11) is 0. The van der Waals surface area contributed by atoms with Gasteiger partial charge >= 0.3 is 0 Å². The number of rotatable bonds is 2. The molecule has 1 aromatic carbocycles. The standard InChI is InChI=1S/C16H16N2O3/c1-10-6-7-14(13(9-10)5-4-8-19)15(20)17-16-11(2)12(3)18-21-16/h6-7,9,19H,8H2,1-3H3,(H,17,20). The number of nitrogens with one attached hydrogen (secondary N) is 1. The van der Waals surface area contributed by atoms with E-state index >= 15 is 0 Å². The van der Waals surface area contributed by atoms with Crippen LogP contribution in [0.25, 0.3) is 0 Å². The van der Waals surface area contributed by atoms with Crippen molar-refractivity contribution in [3.05, 3.63) is 46.1 Å². The highest BCUT2D eigenvalue weighted by atomic mass is 16.5. The third-order valence-electron chi connectivity index (χ3n) is 3.11. The highest BCUT2D eigenvalue weighted by Crippen LogP contribution is 2.19. The van der Waals surface area contributed by atoms with Crippen molar-refractivity contribution in [1.29, 1.82) is 0 Å². The minimum absolute atomic E-state index is 0.255. The second kappa shape index (κ2) is 6.25. The van der Waals surface area contributed by atoms with Gasteiger partial charge in [-0.1, -0.05) is 23.1 Å². The predicted molar refractivity (Wildman–Crippen MR) is 79.1 cm³/mol. The summed E-state index contributed by atoms with van der Waals surface area (Å²) in [5.41, 5.74) is 3.50. The normalized spacial score (nSPS) is 9.90. The van der Waals surface area contributed by atoms with Gasteiger partial charge < -0.3 is 9.63 Å². The second-order valence-corrected chi connectivity index (χ2v) is 4.69. The lowest BCUT2D eigenvalue weighted by molar-refractivity contribution is 0.102. The van der Waals surface area contributed by atoms with Crippen molar-refractivity contribution in [2.24, 2.45) is 0 Å². The van der Waals surface area contributed by atoms with Crippen LogP contribution in [0.15, 0.2) is 22.7 Å². The summed E-state index contributed by atoms with van der Waals surface area (Å²) in [6.07, 6.45) is 0. The molecule has 2 rings (SSSR count). The topological polar surface area (TPSA) is 75.4 Å². The van der Waals surface area contributed by atoms with E-state index in [9.17, 15) is 4.79 Å². The quantitative estimate of drug-likeness (QED) is 0.829. The fourth-order valence-electron chi connectivity index (χ4n) is 1.80. The van der Waals surface area contributed by atoms with Crippen LogP contribution in [0, 0.1) is 32.6 Å². The van der Waals surface area contributed by atoms with Crippen molar-refractivity contribution in [3.63, 3.8) is 0 Å². The van der Waals surface area contributed by atoms with Gasteiger partial charge in [-0.15, -0.1) is 0 Å². The third kappa shape index (κ3) is 3.30. The Kier molecular flexibility index (Phi) is 4.41. The number of hydrogen-bond donors (Lipinski definition) is 2. The highest BCUT2D eigenvalue weighted by Gasteiger charge is 2.15. The number of aliphatic hydroxyl groups is 1. The van der Waals surface area contributed by atoms with Crippen LogP contribution in [0.1, 0.15) is 32.7 Å². The largest absolute Gasteiger partial charge is 0.384 e. The van der Waals surface area contributed by atoms with E-state index in [0.29, 0.717) is 17.0 Å². The smallest absolute Gasteiger partial charge is 0.259 e. The van der Waals surface area contributed by atoms with Crippen LogP contribution in [-0.2, 0) is 0 Å². The van der Waals surface area contributed by atoms with Gasteiger partial charge in [0.2, 0.25) is 5.88 Å². The molecule has 5 nitrogen and oxygen atoms in total. The first-order chi connectivity index (χ1) is 10.0. The molecule has 0 aliphatic rings. The third-order valence-corrected chi connectivity index (χ3v) is 3.11. The number of aromatic nitrogens is 1. The fourth-order valence-corrected chi connectivity index (χ4v) is 1.80. The van der Waals surface area contributed by atoms with Crippen molar-refractivity contribution in [2.45, 2.75) is 20.8 Å². The number of aryl methyl sites for hydroxylation is 2. The zero-order valence-corrected chi connectivity index (χ0v) is 12.2. The molecule has 1 amide bonds. The van der Waals surface area contributed by atoms with Gasteiger partial charge in [0, 0.05) is 11.1 Å². The van der Waals surface area contributed by atoms with Crippen LogP contribution < -0.4 is 5.32 Å². The maximum Gasteiger partial charge on any atom is 0.259 e. The molecule has 0 saturated heterocycles. The Hall–Kier alpha value is -2.58. The van der Waals surface area contributed by atoms with Gasteiger partial charge in [-0.25, -0.2) is 0 Å². The molecule has 1 aromatic heterocycles. The predicted octanol–water partition coefficient (Wildman–Crippen LogP) is 2.20. The van der Waals surface area contributed by atoms with Gasteiger partial charge in [-0.05, 0) is 38.5 Å². The van der Waals surface area contributed by atoms with Crippen molar-refractivity contribution in [1.82, 2.24) is 5.16 Å². The number of nitrogens with zero attached hydrogens (tertiary/aromatic N) is 1. The number of amides is 1. The number of carbonyl (C=O) groups is 1. The zero-order chi connectivity index (χ0) is 15.4. The van der Waals surface area contributed by atoms with E-state index in [4.69, 9.17) is 9.63 Å². The van der Waals surface area contributed by atoms with Gasteiger partial charge in [0.1, 0.15) is 6.61 Å². The van der Waals surface area contributed by atoms with Gasteiger partial charge in [0.05, 0.1) is 11.3 Å². The summed E-state index contributed by atoms with van der Waals surface area (Å²) in [6, 6.07) is 5.33. The average Bonchev–Trinajstić information content (AvgIpc) is 2.77. The average molecular weight is 284 g/mol. The molecule has 0 spiro atoms. The first-order valence-electron chi connectivity index (χ1n) is 6.47. The van der Waals surface area contributed by atoms with E-state index in [0.717, 1.165) is 16.8 Å².